The van der Waals surface area contributed by atoms with E-state index in [-0.39, 0.29) is 22.9 Å². The fourth-order valence-electron chi connectivity index (χ4n) is 2.31. The van der Waals surface area contributed by atoms with Gasteiger partial charge < -0.3 is 4.74 Å². The number of fused-ring (bicyclic) bond motifs is 1. The Bertz CT molecular complexity index is 1000. The number of rotatable bonds is 5. The standard InChI is InChI=1S/C17H19N5O3S/c1-17(2,3)13-14(24)18-15-19-20-16(22(15)21-13)26-9-12(23)10-5-7-11(25-4)8-6-10/h5-8H,9H2,1-4H3,(H,18,19,24). The minimum atomic E-state index is -0.424. The van der Waals surface area contributed by atoms with Gasteiger partial charge in [0.1, 0.15) is 11.4 Å². The Kier molecular flexibility index (Phi) is 4.82. The van der Waals surface area contributed by atoms with Crippen molar-refractivity contribution in [2.24, 2.45) is 0 Å². The molecule has 0 fully saturated rings. The number of H-pyrrole nitrogens is 1. The molecule has 9 heteroatoms. The van der Waals surface area contributed by atoms with Gasteiger partial charge >= 0.3 is 0 Å². The zero-order valence-electron chi connectivity index (χ0n) is 14.9. The molecule has 3 aromatic rings. The van der Waals surface area contributed by atoms with Crippen LogP contribution in [0.2, 0.25) is 0 Å². The van der Waals surface area contributed by atoms with Crippen LogP contribution in [0.25, 0.3) is 5.78 Å². The molecule has 3 rings (SSSR count). The molecule has 0 saturated heterocycles. The minimum absolute atomic E-state index is 0.0464. The van der Waals surface area contributed by atoms with E-state index in [9.17, 15) is 9.59 Å². The van der Waals surface area contributed by atoms with E-state index in [1.165, 1.54) is 16.3 Å². The fraction of sp³-hybridized carbons (Fsp3) is 0.353. The highest BCUT2D eigenvalue weighted by atomic mass is 32.2. The first-order valence-corrected chi connectivity index (χ1v) is 8.94. The molecule has 26 heavy (non-hydrogen) atoms. The molecular weight excluding hydrogens is 354 g/mol. The number of benzene rings is 1. The van der Waals surface area contributed by atoms with Crippen molar-refractivity contribution in [1.82, 2.24) is 24.8 Å². The predicted molar refractivity (Wildman–Crippen MR) is 98.2 cm³/mol. The molecule has 0 unspecified atom stereocenters. The van der Waals surface area contributed by atoms with Crippen LogP contribution in [0.3, 0.4) is 0 Å². The Morgan fingerprint density at radius 1 is 1.23 bits per heavy atom. The van der Waals surface area contributed by atoms with E-state index < -0.39 is 5.41 Å². The predicted octanol–water partition coefficient (Wildman–Crippen LogP) is 2.09. The normalized spacial score (nSPS) is 11.7. The maximum absolute atomic E-state index is 12.4. The number of hydrogen-bond donors (Lipinski definition) is 1. The van der Waals surface area contributed by atoms with Gasteiger partial charge in [-0.1, -0.05) is 32.5 Å². The second kappa shape index (κ2) is 6.91. The second-order valence-corrected chi connectivity index (χ2v) is 7.65. The van der Waals surface area contributed by atoms with Crippen molar-refractivity contribution >= 4 is 23.3 Å². The van der Waals surface area contributed by atoms with Gasteiger partial charge in [-0.3, -0.25) is 14.6 Å². The summed E-state index contributed by atoms with van der Waals surface area (Å²) in [6, 6.07) is 6.92. The largest absolute Gasteiger partial charge is 0.497 e. The molecule has 2 aromatic heterocycles. The molecule has 0 aliphatic rings. The lowest BCUT2D eigenvalue weighted by Crippen LogP contribution is -2.28. The van der Waals surface area contributed by atoms with Gasteiger partial charge in [-0.05, 0) is 24.3 Å². The van der Waals surface area contributed by atoms with Gasteiger partial charge in [0.05, 0.1) is 12.9 Å². The van der Waals surface area contributed by atoms with E-state index in [4.69, 9.17) is 4.74 Å². The third-order valence-corrected chi connectivity index (χ3v) is 4.63. The lowest BCUT2D eigenvalue weighted by molar-refractivity contribution is 0.102. The first-order valence-electron chi connectivity index (χ1n) is 7.96. The Hall–Kier alpha value is -2.68. The maximum atomic E-state index is 12.4. The topological polar surface area (TPSA) is 102 Å². The number of nitrogens with zero attached hydrogens (tertiary/aromatic N) is 4. The quantitative estimate of drug-likeness (QED) is 0.539. The molecule has 0 aliphatic heterocycles. The average molecular weight is 373 g/mol. The summed E-state index contributed by atoms with van der Waals surface area (Å²) in [7, 11) is 1.58. The molecule has 1 N–H and O–H groups in total. The number of ketones is 1. The van der Waals surface area contributed by atoms with E-state index in [0.29, 0.717) is 22.2 Å². The smallest absolute Gasteiger partial charge is 0.274 e. The number of ether oxygens (including phenoxy) is 1. The third kappa shape index (κ3) is 3.62. The highest BCUT2D eigenvalue weighted by Crippen LogP contribution is 2.20. The molecular formula is C17H19N5O3S. The first kappa shape index (κ1) is 18.1. The number of aromatic nitrogens is 5. The lowest BCUT2D eigenvalue weighted by Gasteiger charge is -2.15. The zero-order chi connectivity index (χ0) is 18.9. The van der Waals surface area contributed by atoms with E-state index in [1.54, 1.807) is 31.4 Å². The van der Waals surface area contributed by atoms with Crippen LogP contribution in [0.15, 0.2) is 34.2 Å². The number of Topliss-reactive ketones (excluding diaryl/α,β-unsaturated/α-hetero) is 1. The molecule has 0 amide bonds. The van der Waals surface area contributed by atoms with Crippen molar-refractivity contribution in [2.75, 3.05) is 12.9 Å². The molecule has 0 spiro atoms. The molecule has 0 bridgehead atoms. The number of nitrogens with one attached hydrogen (secondary N) is 1. The molecule has 0 atom stereocenters. The van der Waals surface area contributed by atoms with Gasteiger partial charge in [0, 0.05) is 11.0 Å². The number of carbonyl (C=O) groups excluding carboxylic acids is 1. The molecule has 8 nitrogen and oxygen atoms in total. The van der Waals surface area contributed by atoms with Crippen molar-refractivity contribution < 1.29 is 9.53 Å². The van der Waals surface area contributed by atoms with Crippen molar-refractivity contribution in [3.63, 3.8) is 0 Å². The Morgan fingerprint density at radius 2 is 1.92 bits per heavy atom. The summed E-state index contributed by atoms with van der Waals surface area (Å²) in [5.41, 5.74) is 0.257. The van der Waals surface area contributed by atoms with Gasteiger partial charge in [0.15, 0.2) is 5.78 Å². The first-order chi connectivity index (χ1) is 12.3. The second-order valence-electron chi connectivity index (χ2n) is 6.71. The molecule has 2 heterocycles. The fourth-order valence-corrected chi connectivity index (χ4v) is 3.09. The van der Waals surface area contributed by atoms with Crippen LogP contribution in [-0.2, 0) is 5.41 Å². The van der Waals surface area contributed by atoms with Crippen molar-refractivity contribution in [2.45, 2.75) is 31.3 Å². The molecule has 1 aromatic carbocycles. The maximum Gasteiger partial charge on any atom is 0.274 e. The summed E-state index contributed by atoms with van der Waals surface area (Å²) in [4.78, 5) is 27.2. The van der Waals surface area contributed by atoms with Crippen LogP contribution in [0, 0.1) is 0 Å². The summed E-state index contributed by atoms with van der Waals surface area (Å²) in [5, 5.41) is 12.8. The van der Waals surface area contributed by atoms with Crippen LogP contribution >= 0.6 is 11.8 Å². The zero-order valence-corrected chi connectivity index (χ0v) is 15.8. The number of thioether (sulfide) groups is 1. The van der Waals surface area contributed by atoms with Crippen LogP contribution in [0.1, 0.15) is 36.8 Å². The summed E-state index contributed by atoms with van der Waals surface area (Å²) in [6.45, 7) is 5.71. The van der Waals surface area contributed by atoms with Gasteiger partial charge in [-0.15, -0.1) is 10.2 Å². The van der Waals surface area contributed by atoms with Gasteiger partial charge in [-0.2, -0.15) is 9.61 Å². The molecule has 0 saturated carbocycles. The third-order valence-electron chi connectivity index (χ3n) is 3.71. The molecule has 0 radical (unpaired) electrons. The summed E-state index contributed by atoms with van der Waals surface area (Å²) < 4.78 is 6.56. The molecule has 0 aliphatic carbocycles. The number of hydrogen-bond acceptors (Lipinski definition) is 7. The average Bonchev–Trinajstić information content (AvgIpc) is 3.00. The Morgan fingerprint density at radius 3 is 2.54 bits per heavy atom. The number of carbonyl (C=O) groups is 1. The van der Waals surface area contributed by atoms with E-state index in [1.807, 2.05) is 20.8 Å². The summed E-state index contributed by atoms with van der Waals surface area (Å²) in [6.07, 6.45) is 0. The van der Waals surface area contributed by atoms with Crippen LogP contribution in [0.5, 0.6) is 5.75 Å². The monoisotopic (exact) mass is 373 g/mol. The van der Waals surface area contributed by atoms with Gasteiger partial charge in [0.25, 0.3) is 11.3 Å². The highest BCUT2D eigenvalue weighted by Gasteiger charge is 2.22. The summed E-state index contributed by atoms with van der Waals surface area (Å²) in [5.74, 6) is 1.08. The highest BCUT2D eigenvalue weighted by molar-refractivity contribution is 7.99. The SMILES string of the molecule is COc1ccc(C(=O)CSc2nnc3[nH]c(=O)c(C(C)(C)C)nn23)cc1. The Labute approximate surface area is 154 Å². The Balaban J connectivity index is 1.82. The van der Waals surface area contributed by atoms with Crippen molar-refractivity contribution in [3.8, 4) is 5.75 Å². The minimum Gasteiger partial charge on any atom is -0.497 e. The molecule has 136 valence electrons. The lowest BCUT2D eigenvalue weighted by atomic mass is 9.93. The van der Waals surface area contributed by atoms with Gasteiger partial charge in [-0.25, -0.2) is 0 Å². The van der Waals surface area contributed by atoms with Crippen molar-refractivity contribution in [1.29, 1.82) is 0 Å². The van der Waals surface area contributed by atoms with Crippen LogP contribution < -0.4 is 10.3 Å². The van der Waals surface area contributed by atoms with Crippen molar-refractivity contribution in [3.05, 3.63) is 45.9 Å². The van der Waals surface area contributed by atoms with Crippen LogP contribution in [0.4, 0.5) is 0 Å². The van der Waals surface area contributed by atoms with Gasteiger partial charge in [0.2, 0.25) is 5.16 Å². The summed E-state index contributed by atoms with van der Waals surface area (Å²) >= 11 is 1.22. The number of aromatic amines is 1. The number of methoxy groups -OCH3 is 1. The van der Waals surface area contributed by atoms with E-state index in [2.05, 4.69) is 20.3 Å². The van der Waals surface area contributed by atoms with Crippen LogP contribution in [-0.4, -0.2) is 43.4 Å². The van der Waals surface area contributed by atoms with E-state index >= 15 is 0 Å². The van der Waals surface area contributed by atoms with E-state index in [0.717, 1.165) is 0 Å².